The maximum absolute atomic E-state index is 12.4. The van der Waals surface area contributed by atoms with Gasteiger partial charge in [0.1, 0.15) is 0 Å². The van der Waals surface area contributed by atoms with Crippen molar-refractivity contribution in [1.29, 1.82) is 0 Å². The number of hydrogen-bond acceptors (Lipinski definition) is 2. The topological polar surface area (TPSA) is 42.0 Å². The summed E-state index contributed by atoms with van der Waals surface area (Å²) in [5.74, 6) is 0.194. The molecule has 0 bridgehead atoms. The number of carbonyl (C=O) groups excluding carboxylic acids is 1. The third kappa shape index (κ3) is 1.58. The number of rotatable bonds is 1. The summed E-state index contributed by atoms with van der Waals surface area (Å²) in [6.07, 6.45) is 2.56. The number of nitrogens with zero attached hydrogens (tertiary/aromatic N) is 1. The molecule has 2 heterocycles. The average molecular weight is 350 g/mol. The van der Waals surface area contributed by atoms with Crippen molar-refractivity contribution in [2.24, 2.45) is 0 Å². The van der Waals surface area contributed by atoms with Crippen LogP contribution in [0.15, 0.2) is 41.0 Å². The van der Waals surface area contributed by atoms with E-state index < -0.39 is 5.41 Å². The van der Waals surface area contributed by atoms with Crippen LogP contribution in [0.1, 0.15) is 23.6 Å². The third-order valence-electron chi connectivity index (χ3n) is 4.18. The molecule has 100 valence electrons. The number of amides is 1. The van der Waals surface area contributed by atoms with Gasteiger partial charge in [0.25, 0.3) is 0 Å². The van der Waals surface area contributed by atoms with Gasteiger partial charge >= 0.3 is 0 Å². The first-order valence-corrected chi connectivity index (χ1v) is 7.51. The van der Waals surface area contributed by atoms with E-state index in [-0.39, 0.29) is 11.8 Å². The first-order valence-electron chi connectivity index (χ1n) is 6.34. The molecule has 2 aliphatic rings. The van der Waals surface area contributed by atoms with Crippen molar-refractivity contribution in [3.63, 3.8) is 0 Å². The third-order valence-corrected chi connectivity index (χ3v) is 4.89. The second kappa shape index (κ2) is 4.06. The van der Waals surface area contributed by atoms with Gasteiger partial charge in [-0.05, 0) is 58.2 Å². The molecule has 5 heteroatoms. The number of fused-ring (bicyclic) bond motifs is 2. The Labute approximate surface area is 129 Å². The number of pyridine rings is 1. The Hall–Kier alpha value is -1.39. The van der Waals surface area contributed by atoms with Gasteiger partial charge in [-0.1, -0.05) is 11.6 Å². The minimum atomic E-state index is -0.471. The van der Waals surface area contributed by atoms with Crippen LogP contribution in [0.3, 0.4) is 0 Å². The van der Waals surface area contributed by atoms with Crippen LogP contribution in [-0.2, 0) is 10.2 Å². The van der Waals surface area contributed by atoms with E-state index >= 15 is 0 Å². The number of nitrogens with one attached hydrogen (secondary N) is 1. The van der Waals surface area contributed by atoms with E-state index in [1.54, 1.807) is 12.3 Å². The van der Waals surface area contributed by atoms with Crippen molar-refractivity contribution in [2.45, 2.75) is 17.8 Å². The van der Waals surface area contributed by atoms with E-state index in [1.807, 2.05) is 24.3 Å². The van der Waals surface area contributed by atoms with Crippen LogP contribution in [0.4, 0.5) is 5.69 Å². The maximum Gasteiger partial charge on any atom is 0.235 e. The SMILES string of the molecule is O=C1Nc2ccc(Cl)cc2C12CC2c1ccc(Br)cn1. The molecule has 2 atom stereocenters. The molecule has 1 saturated carbocycles. The van der Waals surface area contributed by atoms with Crippen LogP contribution < -0.4 is 5.32 Å². The minimum absolute atomic E-state index is 0.0597. The normalized spacial score (nSPS) is 26.5. The van der Waals surface area contributed by atoms with Gasteiger partial charge in [0.2, 0.25) is 5.91 Å². The fourth-order valence-corrected chi connectivity index (χ4v) is 3.52. The Bertz CT molecular complexity index is 731. The molecule has 1 N–H and O–H groups in total. The van der Waals surface area contributed by atoms with E-state index in [2.05, 4.69) is 26.2 Å². The summed E-state index contributed by atoms with van der Waals surface area (Å²) in [6, 6.07) is 9.50. The van der Waals surface area contributed by atoms with Gasteiger partial charge < -0.3 is 5.32 Å². The van der Waals surface area contributed by atoms with Crippen molar-refractivity contribution >= 4 is 39.1 Å². The van der Waals surface area contributed by atoms with Crippen molar-refractivity contribution in [1.82, 2.24) is 4.98 Å². The Morgan fingerprint density at radius 3 is 2.95 bits per heavy atom. The molecule has 1 spiro atoms. The molecule has 1 fully saturated rings. The largest absolute Gasteiger partial charge is 0.325 e. The van der Waals surface area contributed by atoms with Gasteiger partial charge in [-0.2, -0.15) is 0 Å². The van der Waals surface area contributed by atoms with Gasteiger partial charge in [-0.15, -0.1) is 0 Å². The first kappa shape index (κ1) is 12.4. The lowest BCUT2D eigenvalue weighted by atomic mass is 9.93. The minimum Gasteiger partial charge on any atom is -0.325 e. The molecule has 2 aromatic rings. The van der Waals surface area contributed by atoms with Crippen LogP contribution in [0, 0.1) is 0 Å². The zero-order valence-corrected chi connectivity index (χ0v) is 12.7. The van der Waals surface area contributed by atoms with Crippen molar-refractivity contribution < 1.29 is 4.79 Å². The molecular weight excluding hydrogens is 340 g/mol. The average Bonchev–Trinajstić information content (AvgIpc) is 3.12. The molecule has 0 radical (unpaired) electrons. The van der Waals surface area contributed by atoms with Gasteiger partial charge in [-0.25, -0.2) is 0 Å². The Kier molecular flexibility index (Phi) is 2.51. The molecule has 1 aromatic heterocycles. The van der Waals surface area contributed by atoms with Gasteiger partial charge in [-0.3, -0.25) is 9.78 Å². The number of carbonyl (C=O) groups is 1. The van der Waals surface area contributed by atoms with E-state index in [9.17, 15) is 4.79 Å². The van der Waals surface area contributed by atoms with Crippen LogP contribution in [0.2, 0.25) is 5.02 Å². The maximum atomic E-state index is 12.4. The second-order valence-corrected chi connectivity index (χ2v) is 6.63. The summed E-state index contributed by atoms with van der Waals surface area (Å²) in [5.41, 5.74) is 2.36. The lowest BCUT2D eigenvalue weighted by Crippen LogP contribution is -2.21. The van der Waals surface area contributed by atoms with Crippen LogP contribution in [0.5, 0.6) is 0 Å². The summed E-state index contributed by atoms with van der Waals surface area (Å²) in [7, 11) is 0. The summed E-state index contributed by atoms with van der Waals surface area (Å²) < 4.78 is 0.940. The fourth-order valence-electron chi connectivity index (χ4n) is 3.11. The molecule has 2 unspecified atom stereocenters. The molecule has 4 rings (SSSR count). The molecule has 1 amide bonds. The summed E-state index contributed by atoms with van der Waals surface area (Å²) in [6.45, 7) is 0. The van der Waals surface area contributed by atoms with E-state index in [0.29, 0.717) is 5.02 Å². The van der Waals surface area contributed by atoms with Crippen molar-refractivity contribution in [3.8, 4) is 0 Å². The lowest BCUT2D eigenvalue weighted by Gasteiger charge is -2.08. The number of anilines is 1. The zero-order chi connectivity index (χ0) is 13.9. The van der Waals surface area contributed by atoms with Crippen LogP contribution in [-0.4, -0.2) is 10.9 Å². The highest BCUT2D eigenvalue weighted by Gasteiger charge is 2.65. The number of benzene rings is 1. The van der Waals surface area contributed by atoms with E-state index in [1.165, 1.54) is 0 Å². The zero-order valence-electron chi connectivity index (χ0n) is 10.4. The number of halogens is 2. The smallest absolute Gasteiger partial charge is 0.235 e. The Morgan fingerprint density at radius 2 is 2.20 bits per heavy atom. The highest BCUT2D eigenvalue weighted by Crippen LogP contribution is 2.64. The monoisotopic (exact) mass is 348 g/mol. The molecule has 1 aliphatic carbocycles. The fraction of sp³-hybridized carbons (Fsp3) is 0.200. The first-order chi connectivity index (χ1) is 9.61. The Morgan fingerprint density at radius 1 is 1.35 bits per heavy atom. The van der Waals surface area contributed by atoms with Gasteiger partial charge in [0, 0.05) is 33.0 Å². The molecule has 3 nitrogen and oxygen atoms in total. The standard InChI is InChI=1S/C15H10BrClN2O/c16-8-1-3-12(18-7-8)11-6-15(11)10-5-9(17)2-4-13(10)19-14(15)20/h1-5,7,11H,6H2,(H,19,20). The summed E-state index contributed by atoms with van der Waals surface area (Å²) in [5, 5.41) is 3.62. The summed E-state index contributed by atoms with van der Waals surface area (Å²) in [4.78, 5) is 16.8. The molecule has 0 saturated heterocycles. The van der Waals surface area contributed by atoms with Gasteiger partial charge in [0.05, 0.1) is 5.41 Å². The quantitative estimate of drug-likeness (QED) is 0.849. The number of aromatic nitrogens is 1. The van der Waals surface area contributed by atoms with Crippen LogP contribution >= 0.6 is 27.5 Å². The molecule has 1 aromatic carbocycles. The van der Waals surface area contributed by atoms with Crippen LogP contribution in [0.25, 0.3) is 0 Å². The number of hydrogen-bond donors (Lipinski definition) is 1. The molecular formula is C15H10BrClN2O. The van der Waals surface area contributed by atoms with E-state index in [4.69, 9.17) is 11.6 Å². The predicted octanol–water partition coefficient (Wildman–Crippen LogP) is 3.87. The highest BCUT2D eigenvalue weighted by molar-refractivity contribution is 9.10. The Balaban J connectivity index is 1.79. The molecule has 1 aliphatic heterocycles. The van der Waals surface area contributed by atoms with E-state index in [0.717, 1.165) is 27.8 Å². The summed E-state index contributed by atoms with van der Waals surface area (Å²) >= 11 is 9.46. The predicted molar refractivity (Wildman–Crippen MR) is 81.1 cm³/mol. The van der Waals surface area contributed by atoms with Crippen molar-refractivity contribution in [3.05, 3.63) is 57.3 Å². The van der Waals surface area contributed by atoms with Gasteiger partial charge in [0.15, 0.2) is 0 Å². The molecule has 20 heavy (non-hydrogen) atoms. The highest BCUT2D eigenvalue weighted by atomic mass is 79.9. The second-order valence-electron chi connectivity index (χ2n) is 5.27. The van der Waals surface area contributed by atoms with Crippen molar-refractivity contribution in [2.75, 3.05) is 5.32 Å². The lowest BCUT2D eigenvalue weighted by molar-refractivity contribution is -0.118.